The molecule has 47 heavy (non-hydrogen) atoms. The van der Waals surface area contributed by atoms with Gasteiger partial charge >= 0.3 is 0 Å². The number of ether oxygens (including phenoxy) is 1. The maximum absolute atomic E-state index is 14.7. The molecule has 1 amide bonds. The topological polar surface area (TPSA) is 103 Å². The number of piperazine rings is 1. The highest BCUT2D eigenvalue weighted by molar-refractivity contribution is 6.10. The lowest BCUT2D eigenvalue weighted by Gasteiger charge is -2.71. The number of benzene rings is 1. The number of rotatable bonds is 6. The number of hydrogen-bond acceptors (Lipinski definition) is 7. The van der Waals surface area contributed by atoms with Gasteiger partial charge in [0.25, 0.3) is 5.91 Å². The zero-order valence-electron chi connectivity index (χ0n) is 27.9. The molecule has 2 N–H and O–H groups in total. The van der Waals surface area contributed by atoms with Gasteiger partial charge in [-0.25, -0.2) is 0 Å². The molecule has 8 atom stereocenters. The second-order valence-corrected chi connectivity index (χ2v) is 15.9. The molecule has 8 heteroatoms. The summed E-state index contributed by atoms with van der Waals surface area (Å²) in [5, 5.41) is 23.7. The van der Waals surface area contributed by atoms with Gasteiger partial charge in [-0.3, -0.25) is 14.5 Å². The van der Waals surface area contributed by atoms with Crippen molar-refractivity contribution in [3.8, 4) is 5.75 Å². The van der Waals surface area contributed by atoms with Crippen LogP contribution >= 0.6 is 0 Å². The number of aliphatic hydroxyl groups is 2. The predicted octanol–water partition coefficient (Wildman–Crippen LogP) is 5.52. The summed E-state index contributed by atoms with van der Waals surface area (Å²) in [7, 11) is 1.63. The lowest BCUT2D eigenvalue weighted by Crippen LogP contribution is -2.67. The van der Waals surface area contributed by atoms with Crippen molar-refractivity contribution >= 4 is 11.7 Å². The van der Waals surface area contributed by atoms with E-state index in [9.17, 15) is 19.8 Å². The Kier molecular flexibility index (Phi) is 7.04. The maximum atomic E-state index is 14.7. The van der Waals surface area contributed by atoms with Gasteiger partial charge in [0.2, 0.25) is 0 Å². The number of allylic oxidation sites excluding steroid dienone is 4. The van der Waals surface area contributed by atoms with Crippen LogP contribution in [-0.2, 0) is 0 Å². The summed E-state index contributed by atoms with van der Waals surface area (Å²) in [6.07, 6.45) is 13.9. The summed E-state index contributed by atoms with van der Waals surface area (Å²) >= 11 is 0. The highest BCUT2D eigenvalue weighted by Crippen LogP contribution is 2.78. The summed E-state index contributed by atoms with van der Waals surface area (Å²) in [5.74, 6) is 1.42. The van der Waals surface area contributed by atoms with Crippen molar-refractivity contribution in [3.05, 3.63) is 77.8 Å². The Morgan fingerprint density at radius 3 is 2.34 bits per heavy atom. The van der Waals surface area contributed by atoms with E-state index in [0.29, 0.717) is 56.9 Å². The van der Waals surface area contributed by atoms with E-state index in [1.807, 2.05) is 29.2 Å². The van der Waals surface area contributed by atoms with E-state index in [1.54, 1.807) is 19.2 Å². The minimum absolute atomic E-state index is 0.0560. The second kappa shape index (κ2) is 10.6. The smallest absolute Gasteiger partial charge is 0.289 e. The monoisotopic (exact) mass is 640 g/mol. The van der Waals surface area contributed by atoms with Gasteiger partial charge in [-0.1, -0.05) is 32.1 Å². The van der Waals surface area contributed by atoms with Crippen LogP contribution in [0, 0.1) is 33.5 Å². The van der Waals surface area contributed by atoms with Crippen molar-refractivity contribution in [3.63, 3.8) is 0 Å². The normalized spacial score (nSPS) is 40.7. The molecule has 2 aromatic rings. The van der Waals surface area contributed by atoms with Crippen molar-refractivity contribution in [1.82, 2.24) is 9.80 Å². The lowest BCUT2D eigenvalue weighted by molar-refractivity contribution is -0.176. The Bertz CT molecular complexity index is 1620. The van der Waals surface area contributed by atoms with E-state index in [2.05, 4.69) is 37.0 Å². The first-order valence-electron chi connectivity index (χ1n) is 17.6. The summed E-state index contributed by atoms with van der Waals surface area (Å²) in [6.45, 7) is 7.87. The molecule has 2 bridgehead atoms. The van der Waals surface area contributed by atoms with Crippen molar-refractivity contribution in [1.29, 1.82) is 0 Å². The molecule has 7 aliphatic rings. The summed E-state index contributed by atoms with van der Waals surface area (Å²) < 4.78 is 10.7. The first-order valence-corrected chi connectivity index (χ1v) is 17.6. The van der Waals surface area contributed by atoms with Crippen LogP contribution in [-0.4, -0.2) is 83.2 Å². The number of carbonyl (C=O) groups is 2. The van der Waals surface area contributed by atoms with Gasteiger partial charge in [0.1, 0.15) is 5.75 Å². The molecule has 1 aromatic heterocycles. The minimum Gasteiger partial charge on any atom is -0.497 e. The number of nitrogens with zero attached hydrogens (tertiary/aromatic N) is 2. The highest BCUT2D eigenvalue weighted by atomic mass is 16.5. The molecule has 2 heterocycles. The van der Waals surface area contributed by atoms with Crippen LogP contribution in [0.1, 0.15) is 79.7 Å². The molecule has 9 rings (SSSR count). The summed E-state index contributed by atoms with van der Waals surface area (Å²) in [6, 6.07) is 10.9. The fraction of sp³-hybridized carbons (Fsp3) is 0.590. The number of ketones is 1. The number of fused-ring (bicyclic) bond motifs is 1. The van der Waals surface area contributed by atoms with Gasteiger partial charge in [0.15, 0.2) is 11.5 Å². The Morgan fingerprint density at radius 2 is 1.64 bits per heavy atom. The van der Waals surface area contributed by atoms with Gasteiger partial charge in [-0.05, 0) is 98.6 Å². The third kappa shape index (κ3) is 4.23. The maximum Gasteiger partial charge on any atom is 0.289 e. The number of furan rings is 1. The predicted molar refractivity (Wildman–Crippen MR) is 177 cm³/mol. The van der Waals surface area contributed by atoms with Crippen LogP contribution in [0.5, 0.6) is 5.75 Å². The van der Waals surface area contributed by atoms with E-state index in [0.717, 1.165) is 43.4 Å². The number of aliphatic hydroxyl groups excluding tert-OH is 1. The average molecular weight is 641 g/mol. The Labute approximate surface area is 277 Å². The number of Topliss-reactive ketones (excluding diaryl/α,β-unsaturated/α-hetero) is 1. The molecule has 250 valence electrons. The Balaban J connectivity index is 1.12. The van der Waals surface area contributed by atoms with Crippen LogP contribution in [0.3, 0.4) is 0 Å². The van der Waals surface area contributed by atoms with E-state index < -0.39 is 16.4 Å². The Morgan fingerprint density at radius 1 is 0.936 bits per heavy atom. The van der Waals surface area contributed by atoms with Crippen LogP contribution in [0.15, 0.2) is 70.9 Å². The average Bonchev–Trinajstić information content (AvgIpc) is 3.71. The lowest BCUT2D eigenvalue weighted by atomic mass is 9.32. The molecular weight excluding hydrogens is 592 g/mol. The van der Waals surface area contributed by atoms with Crippen LogP contribution < -0.4 is 4.74 Å². The van der Waals surface area contributed by atoms with Crippen molar-refractivity contribution in [2.45, 2.75) is 70.5 Å². The zero-order valence-corrected chi connectivity index (χ0v) is 27.9. The molecule has 6 aliphatic carbocycles. The molecule has 4 fully saturated rings. The number of methoxy groups -OCH3 is 1. The van der Waals surface area contributed by atoms with Crippen LogP contribution in [0.25, 0.3) is 0 Å². The third-order valence-electron chi connectivity index (χ3n) is 14.2. The summed E-state index contributed by atoms with van der Waals surface area (Å²) in [5.41, 5.74) is -0.692. The highest BCUT2D eigenvalue weighted by Gasteiger charge is 2.74. The first-order chi connectivity index (χ1) is 22.5. The van der Waals surface area contributed by atoms with Gasteiger partial charge in [0, 0.05) is 60.1 Å². The zero-order chi connectivity index (χ0) is 32.8. The molecule has 3 saturated carbocycles. The van der Waals surface area contributed by atoms with Crippen molar-refractivity contribution in [2.24, 2.45) is 33.5 Å². The van der Waals surface area contributed by atoms with E-state index in [1.165, 1.54) is 6.26 Å². The second-order valence-electron chi connectivity index (χ2n) is 15.9. The fourth-order valence-electron chi connectivity index (χ4n) is 11.5. The molecule has 8 nitrogen and oxygen atoms in total. The van der Waals surface area contributed by atoms with E-state index in [-0.39, 0.29) is 40.5 Å². The molecule has 0 radical (unpaired) electrons. The van der Waals surface area contributed by atoms with E-state index in [4.69, 9.17) is 9.15 Å². The molecule has 1 unspecified atom stereocenters. The first kappa shape index (κ1) is 31.1. The SMILES string of the molecule is COc1ccc(C(=O)C2=C[C@@]34C=C[C@@]25[C@@H]2CC[C@@](O)(CN6CCN(C(=O)c7ccco7)CC6)[C@@]2(C)CC[C@@H]5[C@@]3(C)CCC(O)C4)cc1. The fourth-order valence-corrected chi connectivity index (χ4v) is 11.5. The van der Waals surface area contributed by atoms with Crippen molar-refractivity contribution < 1.29 is 29.0 Å². The van der Waals surface area contributed by atoms with Gasteiger partial charge < -0.3 is 24.3 Å². The number of β-amino-alcohol motifs (C(OH)–C–C–N with tert-alkyl or cyclic N) is 1. The van der Waals surface area contributed by atoms with Crippen LogP contribution in [0.2, 0.25) is 0 Å². The molecule has 1 aromatic carbocycles. The molecule has 1 saturated heterocycles. The summed E-state index contributed by atoms with van der Waals surface area (Å²) in [4.78, 5) is 31.8. The van der Waals surface area contributed by atoms with Gasteiger partial charge in [0.05, 0.1) is 25.1 Å². The number of hydrogen-bond donors (Lipinski definition) is 2. The van der Waals surface area contributed by atoms with Gasteiger partial charge in [-0.2, -0.15) is 0 Å². The van der Waals surface area contributed by atoms with Gasteiger partial charge in [-0.15, -0.1) is 0 Å². The standard InChI is InChI=1S/C39H48N2O6/c1-35-13-10-27(42)23-37(35)16-17-39(29(24-37)33(43)26-6-8-28(46-3)9-7-26)31(35)11-14-36(2)32(39)12-15-38(36,45)25-40-18-20-41(21-19-40)34(44)30-5-4-22-47-30/h4-9,16-17,22,24,27,31-32,42,45H,10-15,18-21,23,25H2,1-3H3/t27?,31-,32-,35-,36+,37+,38-,39-/m1/s1. The molecule has 2 spiro atoms. The molecular formula is C39H48N2O6. The van der Waals surface area contributed by atoms with E-state index >= 15 is 0 Å². The largest absolute Gasteiger partial charge is 0.497 e. The molecule has 1 aliphatic heterocycles. The quantitative estimate of drug-likeness (QED) is 0.317. The Hall–Kier alpha value is -3.20. The minimum atomic E-state index is -0.914. The van der Waals surface area contributed by atoms with Crippen molar-refractivity contribution in [2.75, 3.05) is 39.8 Å². The number of carbonyl (C=O) groups excluding carboxylic acids is 2. The number of amides is 1. The third-order valence-corrected chi connectivity index (χ3v) is 14.2. The van der Waals surface area contributed by atoms with Crippen LogP contribution in [0.4, 0.5) is 0 Å².